The van der Waals surface area contributed by atoms with Crippen molar-refractivity contribution in [2.75, 3.05) is 19.8 Å². The van der Waals surface area contributed by atoms with Crippen molar-refractivity contribution in [3.05, 3.63) is 0 Å². The van der Waals surface area contributed by atoms with E-state index in [1.807, 2.05) is 13.8 Å². The quantitative estimate of drug-likeness (QED) is 0.469. The maximum Gasteiger partial charge on any atom is 0.335 e. The highest BCUT2D eigenvalue weighted by Crippen LogP contribution is 2.23. The molecule has 0 aliphatic carbocycles. The van der Waals surface area contributed by atoms with Gasteiger partial charge < -0.3 is 13.6 Å². The first-order valence-electron chi connectivity index (χ1n) is 5.09. The highest BCUT2D eigenvalue weighted by atomic mass is 28.4. The van der Waals surface area contributed by atoms with Crippen LogP contribution in [-0.4, -0.2) is 34.5 Å². The van der Waals surface area contributed by atoms with Crippen LogP contribution in [0.2, 0.25) is 12.6 Å². The lowest BCUT2D eigenvalue weighted by Gasteiger charge is -2.25. The van der Waals surface area contributed by atoms with Gasteiger partial charge in [0.25, 0.3) is 0 Å². The molecular formula is C9H20O3Si. The molecule has 0 spiro atoms. The Morgan fingerprint density at radius 2 is 1.85 bits per heavy atom. The highest BCUT2D eigenvalue weighted by molar-refractivity contribution is 6.66. The lowest BCUT2D eigenvalue weighted by atomic mass is 10.4. The Labute approximate surface area is 81.6 Å². The van der Waals surface area contributed by atoms with Gasteiger partial charge in [-0.05, 0) is 32.9 Å². The van der Waals surface area contributed by atoms with Crippen LogP contribution in [-0.2, 0) is 13.6 Å². The van der Waals surface area contributed by atoms with Crippen molar-refractivity contribution < 1.29 is 13.6 Å². The molecule has 1 aliphatic heterocycles. The first kappa shape index (κ1) is 11.2. The monoisotopic (exact) mass is 204 g/mol. The predicted molar refractivity (Wildman–Crippen MR) is 54.0 cm³/mol. The second-order valence-corrected chi connectivity index (χ2v) is 6.84. The molecule has 0 aromatic carbocycles. The third-order valence-electron chi connectivity index (χ3n) is 2.22. The second kappa shape index (κ2) is 5.10. The van der Waals surface area contributed by atoms with E-state index in [4.69, 9.17) is 13.6 Å². The van der Waals surface area contributed by atoms with Crippen LogP contribution >= 0.6 is 0 Å². The fraction of sp³-hybridized carbons (Fsp3) is 1.00. The minimum Gasteiger partial charge on any atom is -0.395 e. The van der Waals surface area contributed by atoms with Crippen LogP contribution in [0.3, 0.4) is 0 Å². The van der Waals surface area contributed by atoms with E-state index in [9.17, 15) is 0 Å². The van der Waals surface area contributed by atoms with Crippen LogP contribution in [0.15, 0.2) is 0 Å². The van der Waals surface area contributed by atoms with Gasteiger partial charge in [-0.2, -0.15) is 0 Å². The zero-order valence-electron chi connectivity index (χ0n) is 8.84. The van der Waals surface area contributed by atoms with Gasteiger partial charge in [-0.3, -0.25) is 0 Å². The Hall–Kier alpha value is 0.0969. The molecule has 0 radical (unpaired) electrons. The summed E-state index contributed by atoms with van der Waals surface area (Å²) in [4.78, 5) is 0. The van der Waals surface area contributed by atoms with Gasteiger partial charge in [-0.25, -0.2) is 0 Å². The summed E-state index contributed by atoms with van der Waals surface area (Å²) in [5.74, 6) is 0. The lowest BCUT2D eigenvalue weighted by molar-refractivity contribution is 0.187. The van der Waals surface area contributed by atoms with Gasteiger partial charge in [0.15, 0.2) is 0 Å². The van der Waals surface area contributed by atoms with Gasteiger partial charge in [-0.1, -0.05) is 0 Å². The summed E-state index contributed by atoms with van der Waals surface area (Å²) in [5, 5.41) is 0. The number of hydrogen-bond acceptors (Lipinski definition) is 3. The van der Waals surface area contributed by atoms with E-state index in [1.54, 1.807) is 0 Å². The normalized spacial score (nSPS) is 21.9. The molecule has 0 aromatic heterocycles. The molecule has 0 saturated carbocycles. The van der Waals surface area contributed by atoms with Gasteiger partial charge in [0.1, 0.15) is 0 Å². The topological polar surface area (TPSA) is 31.0 Å². The molecule has 0 amide bonds. The summed E-state index contributed by atoms with van der Waals surface area (Å²) in [5.41, 5.74) is 0. The molecule has 1 atom stereocenters. The van der Waals surface area contributed by atoms with Crippen LogP contribution in [0.1, 0.15) is 20.3 Å². The molecule has 1 saturated heterocycles. The van der Waals surface area contributed by atoms with Gasteiger partial charge in [0, 0.05) is 13.2 Å². The third kappa shape index (κ3) is 4.22. The molecule has 3 nitrogen and oxygen atoms in total. The van der Waals surface area contributed by atoms with E-state index in [1.165, 1.54) is 0 Å². The van der Waals surface area contributed by atoms with Crippen molar-refractivity contribution >= 4 is 8.56 Å². The molecule has 0 aromatic rings. The third-order valence-corrected chi connectivity index (χ3v) is 5.22. The van der Waals surface area contributed by atoms with Crippen molar-refractivity contribution in [1.29, 1.82) is 0 Å². The molecular weight excluding hydrogens is 184 g/mol. The average Bonchev–Trinajstić information content (AvgIpc) is 2.85. The van der Waals surface area contributed by atoms with Crippen molar-refractivity contribution in [3.8, 4) is 0 Å². The Balaban J connectivity index is 2.24. The number of rotatable bonds is 7. The van der Waals surface area contributed by atoms with Crippen molar-refractivity contribution in [1.82, 2.24) is 0 Å². The summed E-state index contributed by atoms with van der Waals surface area (Å²) >= 11 is 0. The minimum absolute atomic E-state index is 0.493. The Bertz CT molecular complexity index is 142. The summed E-state index contributed by atoms with van der Waals surface area (Å²) in [6, 6.07) is 1.05. The van der Waals surface area contributed by atoms with Crippen molar-refractivity contribution in [2.24, 2.45) is 0 Å². The molecule has 1 rings (SSSR count). The largest absolute Gasteiger partial charge is 0.395 e. The average molecular weight is 204 g/mol. The van der Waals surface area contributed by atoms with Crippen LogP contribution in [0.25, 0.3) is 0 Å². The highest BCUT2D eigenvalue weighted by Gasteiger charge is 2.34. The maximum absolute atomic E-state index is 5.71. The van der Waals surface area contributed by atoms with Gasteiger partial charge in [0.2, 0.25) is 0 Å². The molecule has 13 heavy (non-hydrogen) atoms. The standard InChI is InChI=1S/C9H20O3Si/c1-4-11-13(3,12-5-2)7-6-9-8-10-9/h9H,4-8H2,1-3H3. The number of ether oxygens (including phenoxy) is 1. The van der Waals surface area contributed by atoms with Crippen LogP contribution in [0, 0.1) is 0 Å². The molecule has 1 unspecified atom stereocenters. The maximum atomic E-state index is 5.71. The first-order valence-corrected chi connectivity index (χ1v) is 7.62. The summed E-state index contributed by atoms with van der Waals surface area (Å²) in [7, 11) is -1.85. The lowest BCUT2D eigenvalue weighted by Crippen LogP contribution is -2.38. The molecule has 0 N–H and O–H groups in total. The second-order valence-electron chi connectivity index (χ2n) is 3.49. The molecule has 4 heteroatoms. The molecule has 1 aliphatic rings. The van der Waals surface area contributed by atoms with Crippen molar-refractivity contribution in [2.45, 2.75) is 39.0 Å². The number of hydrogen-bond donors (Lipinski definition) is 0. The Morgan fingerprint density at radius 3 is 2.23 bits per heavy atom. The minimum atomic E-state index is -1.85. The fourth-order valence-electron chi connectivity index (χ4n) is 1.45. The predicted octanol–water partition coefficient (Wildman–Crippen LogP) is 1.92. The fourth-order valence-corrected chi connectivity index (χ4v) is 3.89. The zero-order chi connectivity index (χ0) is 9.73. The van der Waals surface area contributed by atoms with Crippen LogP contribution in [0.5, 0.6) is 0 Å². The van der Waals surface area contributed by atoms with Gasteiger partial charge in [-0.15, -0.1) is 0 Å². The van der Waals surface area contributed by atoms with Gasteiger partial charge >= 0.3 is 8.56 Å². The van der Waals surface area contributed by atoms with E-state index in [0.717, 1.165) is 32.3 Å². The molecule has 1 heterocycles. The summed E-state index contributed by atoms with van der Waals surface area (Å²) in [6.45, 7) is 8.64. The molecule has 1 fully saturated rings. The Kier molecular flexibility index (Phi) is 4.38. The Morgan fingerprint density at radius 1 is 1.31 bits per heavy atom. The molecule has 78 valence electrons. The van der Waals surface area contributed by atoms with Gasteiger partial charge in [0.05, 0.1) is 12.7 Å². The summed E-state index contributed by atoms with van der Waals surface area (Å²) in [6.07, 6.45) is 1.59. The first-order chi connectivity index (χ1) is 6.20. The van der Waals surface area contributed by atoms with E-state index in [-0.39, 0.29) is 0 Å². The van der Waals surface area contributed by atoms with E-state index >= 15 is 0 Å². The van der Waals surface area contributed by atoms with E-state index in [2.05, 4.69) is 6.55 Å². The SMILES string of the molecule is CCO[Si](C)(CCC1CO1)OCC. The zero-order valence-corrected chi connectivity index (χ0v) is 9.84. The van der Waals surface area contributed by atoms with Crippen LogP contribution in [0.4, 0.5) is 0 Å². The van der Waals surface area contributed by atoms with Crippen LogP contribution < -0.4 is 0 Å². The smallest absolute Gasteiger partial charge is 0.335 e. The van der Waals surface area contributed by atoms with E-state index < -0.39 is 8.56 Å². The van der Waals surface area contributed by atoms with Crippen molar-refractivity contribution in [3.63, 3.8) is 0 Å². The number of epoxide rings is 1. The molecule has 0 bridgehead atoms. The van der Waals surface area contributed by atoms with E-state index in [0.29, 0.717) is 6.10 Å². The summed E-state index contributed by atoms with van der Waals surface area (Å²) < 4.78 is 16.6.